The SMILES string of the molecule is Cc1ccnc(-c2cscc2C)c1. The normalized spacial score (nSPS) is 10.3. The molecule has 0 fully saturated rings. The van der Waals surface area contributed by atoms with Crippen LogP contribution in [0, 0.1) is 13.8 Å². The Hall–Kier alpha value is -1.15. The van der Waals surface area contributed by atoms with E-state index < -0.39 is 0 Å². The van der Waals surface area contributed by atoms with Crippen molar-refractivity contribution in [3.8, 4) is 11.3 Å². The van der Waals surface area contributed by atoms with Gasteiger partial charge in [0.25, 0.3) is 0 Å². The Kier molecular flexibility index (Phi) is 2.15. The summed E-state index contributed by atoms with van der Waals surface area (Å²) in [6, 6.07) is 4.14. The van der Waals surface area contributed by atoms with Crippen LogP contribution in [-0.4, -0.2) is 4.98 Å². The van der Waals surface area contributed by atoms with Crippen molar-refractivity contribution in [3.63, 3.8) is 0 Å². The number of rotatable bonds is 1. The number of aromatic nitrogens is 1. The molecule has 0 atom stereocenters. The minimum atomic E-state index is 1.08. The van der Waals surface area contributed by atoms with Gasteiger partial charge in [0.1, 0.15) is 0 Å². The first kappa shape index (κ1) is 8.45. The second-order valence-corrected chi connectivity index (χ2v) is 3.93. The van der Waals surface area contributed by atoms with Gasteiger partial charge < -0.3 is 0 Å². The summed E-state index contributed by atoms with van der Waals surface area (Å²) < 4.78 is 0. The standard InChI is InChI=1S/C11H11NS/c1-8-3-4-12-11(5-8)10-7-13-6-9(10)2/h3-7H,1-2H3. The molecule has 1 nitrogen and oxygen atoms in total. The lowest BCUT2D eigenvalue weighted by molar-refractivity contribution is 1.28. The molecule has 0 amide bonds. The van der Waals surface area contributed by atoms with E-state index in [1.54, 1.807) is 11.3 Å². The number of thiophene rings is 1. The lowest BCUT2D eigenvalue weighted by Gasteiger charge is -1.99. The molecule has 2 aromatic heterocycles. The van der Waals surface area contributed by atoms with Gasteiger partial charge in [0.05, 0.1) is 5.69 Å². The molecule has 0 N–H and O–H groups in total. The van der Waals surface area contributed by atoms with Gasteiger partial charge in [-0.25, -0.2) is 0 Å². The van der Waals surface area contributed by atoms with E-state index in [0.29, 0.717) is 0 Å². The van der Waals surface area contributed by atoms with Gasteiger partial charge in [-0.3, -0.25) is 4.98 Å². The highest BCUT2D eigenvalue weighted by molar-refractivity contribution is 7.08. The molecule has 0 aliphatic heterocycles. The Morgan fingerprint density at radius 3 is 2.69 bits per heavy atom. The molecule has 2 rings (SSSR count). The number of nitrogens with zero attached hydrogens (tertiary/aromatic N) is 1. The Labute approximate surface area is 82.1 Å². The minimum absolute atomic E-state index is 1.08. The van der Waals surface area contributed by atoms with Crippen molar-refractivity contribution in [2.45, 2.75) is 13.8 Å². The molecule has 0 saturated heterocycles. The van der Waals surface area contributed by atoms with E-state index in [1.807, 2.05) is 12.3 Å². The maximum Gasteiger partial charge on any atom is 0.0715 e. The van der Waals surface area contributed by atoms with E-state index in [0.717, 1.165) is 5.69 Å². The van der Waals surface area contributed by atoms with Gasteiger partial charge in [-0.2, -0.15) is 11.3 Å². The fourth-order valence-corrected chi connectivity index (χ4v) is 2.15. The first-order valence-corrected chi connectivity index (χ1v) is 5.17. The zero-order chi connectivity index (χ0) is 9.26. The monoisotopic (exact) mass is 189 g/mol. The lowest BCUT2D eigenvalue weighted by Crippen LogP contribution is -1.83. The minimum Gasteiger partial charge on any atom is -0.256 e. The van der Waals surface area contributed by atoms with E-state index in [2.05, 4.69) is 35.7 Å². The highest BCUT2D eigenvalue weighted by atomic mass is 32.1. The molecule has 0 aliphatic carbocycles. The average molecular weight is 189 g/mol. The van der Waals surface area contributed by atoms with Crippen molar-refractivity contribution in [2.75, 3.05) is 0 Å². The second kappa shape index (κ2) is 3.30. The van der Waals surface area contributed by atoms with Crippen molar-refractivity contribution in [1.29, 1.82) is 0 Å². The van der Waals surface area contributed by atoms with E-state index in [4.69, 9.17) is 0 Å². The summed E-state index contributed by atoms with van der Waals surface area (Å²) in [5, 5.41) is 4.30. The number of hydrogen-bond donors (Lipinski definition) is 0. The van der Waals surface area contributed by atoms with Crippen LogP contribution in [0.3, 0.4) is 0 Å². The van der Waals surface area contributed by atoms with Gasteiger partial charge >= 0.3 is 0 Å². The summed E-state index contributed by atoms with van der Waals surface area (Å²) in [5.74, 6) is 0. The summed E-state index contributed by atoms with van der Waals surface area (Å²) in [5.41, 5.74) is 4.91. The van der Waals surface area contributed by atoms with Crippen molar-refractivity contribution in [2.24, 2.45) is 0 Å². The van der Waals surface area contributed by atoms with Crippen molar-refractivity contribution >= 4 is 11.3 Å². The van der Waals surface area contributed by atoms with Gasteiger partial charge in [0.2, 0.25) is 0 Å². The molecule has 0 bridgehead atoms. The summed E-state index contributed by atoms with van der Waals surface area (Å²) in [6.07, 6.45) is 1.86. The first-order valence-electron chi connectivity index (χ1n) is 4.23. The number of pyridine rings is 1. The van der Waals surface area contributed by atoms with Gasteiger partial charge in [-0.05, 0) is 42.5 Å². The molecule has 2 heteroatoms. The van der Waals surface area contributed by atoms with Crippen LogP contribution in [0.5, 0.6) is 0 Å². The van der Waals surface area contributed by atoms with Crippen molar-refractivity contribution in [3.05, 3.63) is 40.2 Å². The van der Waals surface area contributed by atoms with Crippen LogP contribution < -0.4 is 0 Å². The molecule has 2 heterocycles. The molecular formula is C11H11NS. The molecule has 13 heavy (non-hydrogen) atoms. The third-order valence-electron chi connectivity index (χ3n) is 2.05. The lowest BCUT2D eigenvalue weighted by atomic mass is 10.1. The summed E-state index contributed by atoms with van der Waals surface area (Å²) in [6.45, 7) is 4.21. The first-order chi connectivity index (χ1) is 6.27. The van der Waals surface area contributed by atoms with Crippen LogP contribution in [0.2, 0.25) is 0 Å². The van der Waals surface area contributed by atoms with Gasteiger partial charge in [0, 0.05) is 17.1 Å². The van der Waals surface area contributed by atoms with Crippen LogP contribution in [-0.2, 0) is 0 Å². The molecule has 0 spiro atoms. The van der Waals surface area contributed by atoms with Crippen LogP contribution in [0.15, 0.2) is 29.1 Å². The van der Waals surface area contributed by atoms with Gasteiger partial charge in [-0.1, -0.05) is 0 Å². The highest BCUT2D eigenvalue weighted by Crippen LogP contribution is 2.25. The van der Waals surface area contributed by atoms with Gasteiger partial charge in [0.15, 0.2) is 0 Å². The molecule has 2 aromatic rings. The number of aryl methyl sites for hydroxylation is 2. The summed E-state index contributed by atoms with van der Waals surface area (Å²) in [4.78, 5) is 4.35. The van der Waals surface area contributed by atoms with Crippen LogP contribution >= 0.6 is 11.3 Å². The maximum atomic E-state index is 4.35. The topological polar surface area (TPSA) is 12.9 Å². The Morgan fingerprint density at radius 1 is 1.23 bits per heavy atom. The van der Waals surface area contributed by atoms with Crippen LogP contribution in [0.1, 0.15) is 11.1 Å². The average Bonchev–Trinajstić information content (AvgIpc) is 2.51. The predicted octanol–water partition coefficient (Wildman–Crippen LogP) is 3.43. The van der Waals surface area contributed by atoms with Crippen LogP contribution in [0.25, 0.3) is 11.3 Å². The third kappa shape index (κ3) is 1.63. The van der Waals surface area contributed by atoms with E-state index in [9.17, 15) is 0 Å². The highest BCUT2D eigenvalue weighted by Gasteiger charge is 2.03. The Balaban J connectivity index is 2.53. The quantitative estimate of drug-likeness (QED) is 0.669. The van der Waals surface area contributed by atoms with E-state index in [-0.39, 0.29) is 0 Å². The number of hydrogen-bond acceptors (Lipinski definition) is 2. The smallest absolute Gasteiger partial charge is 0.0715 e. The Morgan fingerprint density at radius 2 is 2.08 bits per heavy atom. The molecule has 0 unspecified atom stereocenters. The maximum absolute atomic E-state index is 4.35. The molecule has 0 saturated carbocycles. The predicted molar refractivity (Wildman–Crippen MR) is 57.0 cm³/mol. The van der Waals surface area contributed by atoms with Crippen molar-refractivity contribution in [1.82, 2.24) is 4.98 Å². The van der Waals surface area contributed by atoms with E-state index in [1.165, 1.54) is 16.7 Å². The van der Waals surface area contributed by atoms with Crippen LogP contribution in [0.4, 0.5) is 0 Å². The largest absolute Gasteiger partial charge is 0.256 e. The van der Waals surface area contributed by atoms with E-state index >= 15 is 0 Å². The molecule has 0 aromatic carbocycles. The summed E-state index contributed by atoms with van der Waals surface area (Å²) in [7, 11) is 0. The third-order valence-corrected chi connectivity index (χ3v) is 2.91. The molecule has 0 radical (unpaired) electrons. The zero-order valence-corrected chi connectivity index (χ0v) is 8.56. The molecule has 0 aliphatic rings. The Bertz CT molecular complexity index is 418. The molecular weight excluding hydrogens is 178 g/mol. The van der Waals surface area contributed by atoms with Gasteiger partial charge in [-0.15, -0.1) is 0 Å². The fourth-order valence-electron chi connectivity index (χ4n) is 1.31. The second-order valence-electron chi connectivity index (χ2n) is 3.19. The van der Waals surface area contributed by atoms with Crippen molar-refractivity contribution < 1.29 is 0 Å². The fraction of sp³-hybridized carbons (Fsp3) is 0.182. The zero-order valence-electron chi connectivity index (χ0n) is 7.74. The molecule has 66 valence electrons. The summed E-state index contributed by atoms with van der Waals surface area (Å²) >= 11 is 1.73.